The van der Waals surface area contributed by atoms with Crippen molar-refractivity contribution >= 4 is 11.6 Å². The molecular weight excluding hydrogens is 318 g/mol. The summed E-state index contributed by atoms with van der Waals surface area (Å²) < 4.78 is 5.24. The predicted molar refractivity (Wildman–Crippen MR) is 92.4 cm³/mol. The van der Waals surface area contributed by atoms with Crippen LogP contribution in [-0.4, -0.2) is 28.5 Å². The lowest BCUT2D eigenvalue weighted by molar-refractivity contribution is -0.117. The molecule has 3 aromatic rings. The zero-order valence-electron chi connectivity index (χ0n) is 14.0. The number of hydrogen-bond acceptors (Lipinski definition) is 5. The van der Waals surface area contributed by atoms with Gasteiger partial charge in [0, 0.05) is 11.5 Å². The predicted octanol–water partition coefficient (Wildman–Crippen LogP) is 2.11. The maximum atomic E-state index is 12.8. The van der Waals surface area contributed by atoms with Crippen LogP contribution >= 0.6 is 0 Å². The normalized spacial score (nSPS) is 11.8. The van der Waals surface area contributed by atoms with Gasteiger partial charge in [0.05, 0.1) is 13.0 Å². The first-order chi connectivity index (χ1) is 12.2. The smallest absolute Gasteiger partial charge is 0.232 e. The topological polar surface area (TPSA) is 91.1 Å². The van der Waals surface area contributed by atoms with E-state index in [2.05, 4.69) is 25.9 Å². The number of hydrogen-bond donors (Lipinski definition) is 1. The van der Waals surface area contributed by atoms with Crippen LogP contribution in [0.2, 0.25) is 0 Å². The fourth-order valence-electron chi connectivity index (χ4n) is 2.49. The number of rotatable bonds is 6. The summed E-state index contributed by atoms with van der Waals surface area (Å²) in [6.07, 6.45) is 0.419. The van der Waals surface area contributed by atoms with Gasteiger partial charge in [0.25, 0.3) is 0 Å². The molecule has 0 saturated heterocycles. The summed E-state index contributed by atoms with van der Waals surface area (Å²) in [6.45, 7) is 1.99. The van der Waals surface area contributed by atoms with Gasteiger partial charge >= 0.3 is 0 Å². The van der Waals surface area contributed by atoms with Crippen molar-refractivity contribution in [3.8, 4) is 5.75 Å². The number of anilines is 1. The van der Waals surface area contributed by atoms with E-state index in [0.29, 0.717) is 12.2 Å². The van der Waals surface area contributed by atoms with Crippen molar-refractivity contribution in [3.05, 3.63) is 65.5 Å². The van der Waals surface area contributed by atoms with Crippen LogP contribution in [0.3, 0.4) is 0 Å². The summed E-state index contributed by atoms with van der Waals surface area (Å²) in [5.41, 5.74) is 2.78. The molecule has 0 aliphatic rings. The number of benzene rings is 2. The van der Waals surface area contributed by atoms with Crippen LogP contribution in [0.15, 0.2) is 48.5 Å². The average molecular weight is 336 g/mol. The molecule has 7 nitrogen and oxygen atoms in total. The van der Waals surface area contributed by atoms with E-state index in [9.17, 15) is 4.79 Å². The van der Waals surface area contributed by atoms with Gasteiger partial charge in [0.1, 0.15) is 5.75 Å². The molecule has 0 unspecified atom stereocenters. The zero-order chi connectivity index (χ0) is 17.6. The van der Waals surface area contributed by atoms with Crippen molar-refractivity contribution in [3.63, 3.8) is 0 Å². The van der Waals surface area contributed by atoms with Crippen LogP contribution < -0.4 is 15.2 Å². The number of aryl methyl sites for hydroxylation is 1. The number of nitrogens with zero attached hydrogens (tertiary/aromatic N) is 4. The highest BCUT2D eigenvalue weighted by Crippen LogP contribution is 2.22. The number of amides is 1. The molecular formula is C18H18N5O2-. The Hall–Kier alpha value is -3.22. The van der Waals surface area contributed by atoms with Crippen molar-refractivity contribution < 1.29 is 9.53 Å². The Morgan fingerprint density at radius 1 is 1.24 bits per heavy atom. The number of aromatic nitrogens is 4. The molecule has 128 valence electrons. The lowest BCUT2D eigenvalue weighted by Gasteiger charge is -2.17. The Morgan fingerprint density at radius 3 is 2.72 bits per heavy atom. The lowest BCUT2D eigenvalue weighted by atomic mass is 9.97. The number of ether oxygens (including phenoxy) is 1. The minimum absolute atomic E-state index is 0.207. The summed E-state index contributed by atoms with van der Waals surface area (Å²) in [4.78, 5) is 12.8. The molecule has 0 fully saturated rings. The van der Waals surface area contributed by atoms with Crippen molar-refractivity contribution in [2.45, 2.75) is 19.3 Å². The largest absolute Gasteiger partial charge is 0.497 e. The molecule has 0 radical (unpaired) electrons. The first-order valence-electron chi connectivity index (χ1n) is 7.85. The molecule has 3 rings (SSSR count). The highest BCUT2D eigenvalue weighted by Gasteiger charge is 2.21. The number of carbonyl (C=O) groups is 1. The second kappa shape index (κ2) is 7.57. The van der Waals surface area contributed by atoms with E-state index in [4.69, 9.17) is 4.74 Å². The third-order valence-corrected chi connectivity index (χ3v) is 3.86. The number of carbonyl (C=O) groups excluding carboxylic acids is 1. The summed E-state index contributed by atoms with van der Waals surface area (Å²) in [7, 11) is 1.61. The van der Waals surface area contributed by atoms with Crippen molar-refractivity contribution in [2.75, 3.05) is 12.4 Å². The summed E-state index contributed by atoms with van der Waals surface area (Å²) in [6, 6.07) is 15.1. The third-order valence-electron chi connectivity index (χ3n) is 3.86. The molecule has 0 aliphatic carbocycles. The average Bonchev–Trinajstić information content (AvgIpc) is 3.16. The first kappa shape index (κ1) is 16.6. The first-order valence-corrected chi connectivity index (χ1v) is 7.85. The van der Waals surface area contributed by atoms with Gasteiger partial charge in [0.15, 0.2) is 0 Å². The van der Waals surface area contributed by atoms with Crippen LogP contribution in [0.1, 0.15) is 22.9 Å². The Bertz CT molecular complexity index is 831. The highest BCUT2D eigenvalue weighted by atomic mass is 16.5. The molecule has 1 N–H and O–H groups in total. The Labute approximate surface area is 145 Å². The van der Waals surface area contributed by atoms with Gasteiger partial charge in [0.2, 0.25) is 5.91 Å². The van der Waals surface area contributed by atoms with E-state index in [1.807, 2.05) is 55.5 Å². The highest BCUT2D eigenvalue weighted by molar-refractivity contribution is 5.95. The van der Waals surface area contributed by atoms with E-state index in [1.165, 1.54) is 0 Å². The number of nitrogens with one attached hydrogen (secondary N) is 1. The number of tetrazole rings is 1. The van der Waals surface area contributed by atoms with Crippen LogP contribution in [0.5, 0.6) is 5.75 Å². The Kier molecular flexibility index (Phi) is 5.03. The second-order valence-electron chi connectivity index (χ2n) is 5.70. The standard InChI is InChI=1S/C18H19N5O2/c1-12-6-8-14(9-7-12)19-18(24)16(17-20-22-23-21-17)11-13-4-3-5-15(10-13)25-2/h3-10,16H,11H2,1-2H3,(H2,19,20,21,22,23,24)/p-1/t16-/m0/s1. The van der Waals surface area contributed by atoms with Gasteiger partial charge in [-0.25, -0.2) is 0 Å². The summed E-state index contributed by atoms with van der Waals surface area (Å²) in [5.74, 6) is 0.229. The van der Waals surface area contributed by atoms with E-state index < -0.39 is 5.92 Å². The number of methoxy groups -OCH3 is 1. The van der Waals surface area contributed by atoms with Crippen LogP contribution in [-0.2, 0) is 11.2 Å². The van der Waals surface area contributed by atoms with E-state index >= 15 is 0 Å². The molecule has 1 amide bonds. The minimum Gasteiger partial charge on any atom is -0.497 e. The monoisotopic (exact) mass is 336 g/mol. The molecule has 1 aromatic heterocycles. The molecule has 0 saturated carbocycles. The van der Waals surface area contributed by atoms with Crippen molar-refractivity contribution in [1.29, 1.82) is 0 Å². The van der Waals surface area contributed by atoms with Crippen molar-refractivity contribution in [1.82, 2.24) is 20.6 Å². The second-order valence-corrected chi connectivity index (χ2v) is 5.70. The van der Waals surface area contributed by atoms with Gasteiger partial charge in [-0.05, 0) is 43.2 Å². The minimum atomic E-state index is -0.594. The fourth-order valence-corrected chi connectivity index (χ4v) is 2.49. The maximum absolute atomic E-state index is 12.8. The van der Waals surface area contributed by atoms with Crippen LogP contribution in [0.4, 0.5) is 5.69 Å². The molecule has 2 aromatic carbocycles. The fraction of sp³-hybridized carbons (Fsp3) is 0.222. The Balaban J connectivity index is 1.81. The third kappa shape index (κ3) is 4.20. The molecule has 1 heterocycles. The van der Waals surface area contributed by atoms with Crippen molar-refractivity contribution in [2.24, 2.45) is 0 Å². The molecule has 25 heavy (non-hydrogen) atoms. The van der Waals surface area contributed by atoms with Crippen LogP contribution in [0, 0.1) is 6.92 Å². The van der Waals surface area contributed by atoms with Crippen LogP contribution in [0.25, 0.3) is 0 Å². The van der Waals surface area contributed by atoms with E-state index in [-0.39, 0.29) is 5.91 Å². The molecule has 0 spiro atoms. The van der Waals surface area contributed by atoms with Gasteiger partial charge in [-0.1, -0.05) is 29.8 Å². The quantitative estimate of drug-likeness (QED) is 0.741. The summed E-state index contributed by atoms with van der Waals surface area (Å²) >= 11 is 0. The molecule has 0 bridgehead atoms. The Morgan fingerprint density at radius 2 is 2.04 bits per heavy atom. The maximum Gasteiger partial charge on any atom is 0.232 e. The lowest BCUT2D eigenvalue weighted by Crippen LogP contribution is -2.24. The van der Waals surface area contributed by atoms with E-state index in [1.54, 1.807) is 7.11 Å². The van der Waals surface area contributed by atoms with Gasteiger partial charge in [-0.15, -0.1) is 0 Å². The van der Waals surface area contributed by atoms with Gasteiger partial charge in [-0.3, -0.25) is 15.1 Å². The molecule has 0 aliphatic heterocycles. The summed E-state index contributed by atoms with van der Waals surface area (Å²) in [5, 5.41) is 17.6. The molecule has 7 heteroatoms. The van der Waals surface area contributed by atoms with E-state index in [0.717, 1.165) is 22.6 Å². The SMILES string of the molecule is COc1cccc(C[C@H](C(=O)Nc2ccc(C)cc2)c2nnn[n-]2)c1. The van der Waals surface area contributed by atoms with Gasteiger partial charge < -0.3 is 15.2 Å². The van der Waals surface area contributed by atoms with Gasteiger partial charge in [-0.2, -0.15) is 5.21 Å². The molecule has 1 atom stereocenters. The zero-order valence-corrected chi connectivity index (χ0v) is 14.0.